The summed E-state index contributed by atoms with van der Waals surface area (Å²) in [6.07, 6.45) is 3.51. The molecule has 0 aliphatic rings. The largest absolute Gasteiger partial charge is 0.314 e. The minimum atomic E-state index is -0.796. The normalized spacial score (nSPS) is 12.6. The molecule has 0 saturated carbocycles. The van der Waals surface area contributed by atoms with Crippen molar-refractivity contribution >= 4 is 11.6 Å². The number of rotatable bonds is 4. The van der Waals surface area contributed by atoms with Crippen LogP contribution >= 0.6 is 0 Å². The third kappa shape index (κ3) is 4.03. The molecule has 1 heterocycles. The minimum Gasteiger partial charge on any atom is -0.264 e. The van der Waals surface area contributed by atoms with Crippen molar-refractivity contribution in [3.05, 3.63) is 70.5 Å². The number of aliphatic imine (C=N–C) groups is 1. The molecule has 5 nitrogen and oxygen atoms in total. The molecule has 0 aliphatic heterocycles. The maximum absolute atomic E-state index is 11.3. The van der Waals surface area contributed by atoms with Crippen LogP contribution in [-0.4, -0.2) is 16.6 Å². The van der Waals surface area contributed by atoms with E-state index in [1.165, 1.54) is 6.92 Å². The summed E-state index contributed by atoms with van der Waals surface area (Å²) in [5.41, 5.74) is 4.33. The molecule has 2 rings (SSSR count). The second-order valence-electron chi connectivity index (χ2n) is 5.13. The number of nitroso groups, excluding NO2 is 1. The molecule has 1 aromatic heterocycles. The van der Waals surface area contributed by atoms with Gasteiger partial charge >= 0.3 is 5.91 Å². The lowest BCUT2D eigenvalue weighted by molar-refractivity contribution is -0.114. The Hall–Kier alpha value is -2.95. The zero-order valence-electron chi connectivity index (χ0n) is 13.3. The number of aromatic nitrogens is 1. The summed E-state index contributed by atoms with van der Waals surface area (Å²) in [7, 11) is 0. The predicted molar refractivity (Wildman–Crippen MR) is 91.1 cm³/mol. The SMILES string of the molecule is C/C(=N\C(C)=C(/C)C(=O)N=O)c1cncc(-c2ccccc2)c1. The van der Waals surface area contributed by atoms with Gasteiger partial charge in [0.15, 0.2) is 0 Å². The van der Waals surface area contributed by atoms with Crippen LogP contribution in [0.3, 0.4) is 0 Å². The summed E-state index contributed by atoms with van der Waals surface area (Å²) in [5, 5.41) is 2.41. The van der Waals surface area contributed by atoms with Crippen molar-refractivity contribution < 1.29 is 4.79 Å². The highest BCUT2D eigenvalue weighted by Gasteiger charge is 2.08. The first-order chi connectivity index (χ1) is 11.0. The minimum absolute atomic E-state index is 0.242. The molecule has 0 spiro atoms. The van der Waals surface area contributed by atoms with Crippen molar-refractivity contribution in [3.8, 4) is 11.1 Å². The van der Waals surface area contributed by atoms with Crippen LogP contribution in [0.15, 0.2) is 70.2 Å². The first-order valence-corrected chi connectivity index (χ1v) is 7.14. The summed E-state index contributed by atoms with van der Waals surface area (Å²) in [6, 6.07) is 11.9. The zero-order chi connectivity index (χ0) is 16.8. The molecule has 116 valence electrons. The van der Waals surface area contributed by atoms with Gasteiger partial charge in [-0.25, -0.2) is 0 Å². The predicted octanol–water partition coefficient (Wildman–Crippen LogP) is 4.14. The Bertz CT molecular complexity index is 793. The Balaban J connectivity index is 2.37. The first-order valence-electron chi connectivity index (χ1n) is 7.14. The van der Waals surface area contributed by atoms with Crippen LogP contribution in [-0.2, 0) is 4.79 Å². The van der Waals surface area contributed by atoms with E-state index in [1.807, 2.05) is 43.3 Å². The van der Waals surface area contributed by atoms with E-state index in [1.54, 1.807) is 19.3 Å². The van der Waals surface area contributed by atoms with Crippen LogP contribution in [0, 0.1) is 4.91 Å². The van der Waals surface area contributed by atoms with Crippen molar-refractivity contribution in [2.45, 2.75) is 20.8 Å². The smallest absolute Gasteiger partial charge is 0.264 e. The molecule has 0 saturated heterocycles. The number of carbonyl (C=O) groups is 1. The van der Waals surface area contributed by atoms with Crippen LogP contribution < -0.4 is 0 Å². The molecule has 23 heavy (non-hydrogen) atoms. The lowest BCUT2D eigenvalue weighted by atomic mass is 10.0. The van der Waals surface area contributed by atoms with Crippen molar-refractivity contribution in [3.63, 3.8) is 0 Å². The molecule has 5 heteroatoms. The van der Waals surface area contributed by atoms with Crippen molar-refractivity contribution in [2.75, 3.05) is 0 Å². The Labute approximate surface area is 134 Å². The molecule has 1 aromatic carbocycles. The topological polar surface area (TPSA) is 71.8 Å². The van der Waals surface area contributed by atoms with E-state index >= 15 is 0 Å². The maximum Gasteiger partial charge on any atom is 0.314 e. The Morgan fingerprint density at radius 2 is 1.70 bits per heavy atom. The van der Waals surface area contributed by atoms with Crippen molar-refractivity contribution in [1.82, 2.24) is 4.98 Å². The van der Waals surface area contributed by atoms with E-state index in [2.05, 4.69) is 15.2 Å². The van der Waals surface area contributed by atoms with Gasteiger partial charge in [0.25, 0.3) is 0 Å². The molecule has 0 radical (unpaired) electrons. The number of carbonyl (C=O) groups excluding carboxylic acids is 1. The summed E-state index contributed by atoms with van der Waals surface area (Å²) < 4.78 is 0. The quantitative estimate of drug-likeness (QED) is 0.484. The van der Waals surface area contributed by atoms with Crippen LogP contribution in [0.4, 0.5) is 0 Å². The summed E-state index contributed by atoms with van der Waals surface area (Å²) >= 11 is 0. The lowest BCUT2D eigenvalue weighted by Gasteiger charge is -2.06. The molecule has 0 fully saturated rings. The van der Waals surface area contributed by atoms with Crippen molar-refractivity contribution in [2.24, 2.45) is 10.2 Å². The van der Waals surface area contributed by atoms with E-state index < -0.39 is 5.91 Å². The molecule has 2 aromatic rings. The van der Waals surface area contributed by atoms with Crippen LogP contribution in [0.1, 0.15) is 26.3 Å². The monoisotopic (exact) mass is 307 g/mol. The number of hydrogen-bond acceptors (Lipinski definition) is 4. The zero-order valence-corrected chi connectivity index (χ0v) is 13.3. The van der Waals surface area contributed by atoms with Gasteiger partial charge < -0.3 is 0 Å². The van der Waals surface area contributed by atoms with Gasteiger partial charge in [-0.05, 0) is 32.4 Å². The van der Waals surface area contributed by atoms with Gasteiger partial charge in [0.05, 0.1) is 0 Å². The summed E-state index contributed by atoms with van der Waals surface area (Å²) in [4.78, 5) is 30.2. The van der Waals surface area contributed by atoms with Gasteiger partial charge in [-0.15, -0.1) is 4.91 Å². The second-order valence-corrected chi connectivity index (χ2v) is 5.13. The number of hydrogen-bond donors (Lipinski definition) is 0. The maximum atomic E-state index is 11.3. The lowest BCUT2D eigenvalue weighted by Crippen LogP contribution is -2.00. The van der Waals surface area contributed by atoms with Crippen LogP contribution in [0.5, 0.6) is 0 Å². The van der Waals surface area contributed by atoms with E-state index in [0.29, 0.717) is 11.4 Å². The third-order valence-corrected chi connectivity index (χ3v) is 3.54. The van der Waals surface area contributed by atoms with Gasteiger partial charge in [-0.3, -0.25) is 14.8 Å². The third-order valence-electron chi connectivity index (χ3n) is 3.54. The highest BCUT2D eigenvalue weighted by Crippen LogP contribution is 2.19. The second kappa shape index (κ2) is 7.35. The van der Waals surface area contributed by atoms with E-state index in [0.717, 1.165) is 16.7 Å². The Morgan fingerprint density at radius 1 is 1.00 bits per heavy atom. The molecular formula is C18H17N3O2. The highest BCUT2D eigenvalue weighted by molar-refractivity contribution is 6.01. The molecule has 0 bridgehead atoms. The fourth-order valence-corrected chi connectivity index (χ4v) is 2.05. The Morgan fingerprint density at radius 3 is 2.35 bits per heavy atom. The summed E-state index contributed by atoms with van der Waals surface area (Å²) in [5.74, 6) is -0.796. The number of pyridine rings is 1. The number of benzene rings is 1. The van der Waals surface area contributed by atoms with E-state index in [4.69, 9.17) is 0 Å². The Kier molecular flexibility index (Phi) is 5.25. The van der Waals surface area contributed by atoms with Gasteiger partial charge in [-0.2, -0.15) is 0 Å². The summed E-state index contributed by atoms with van der Waals surface area (Å²) in [6.45, 7) is 5.05. The number of allylic oxidation sites excluding steroid dienone is 1. The molecule has 0 N–H and O–H groups in total. The van der Waals surface area contributed by atoms with Crippen LogP contribution in [0.2, 0.25) is 0 Å². The average molecular weight is 307 g/mol. The van der Waals surface area contributed by atoms with Gasteiger partial charge in [0.1, 0.15) is 0 Å². The molecule has 0 aliphatic carbocycles. The average Bonchev–Trinajstić information content (AvgIpc) is 2.61. The van der Waals surface area contributed by atoms with E-state index in [9.17, 15) is 9.70 Å². The van der Waals surface area contributed by atoms with Gasteiger partial charge in [0.2, 0.25) is 0 Å². The number of amides is 1. The molecule has 0 unspecified atom stereocenters. The molecule has 0 atom stereocenters. The molecule has 1 amide bonds. The van der Waals surface area contributed by atoms with Crippen LogP contribution in [0.25, 0.3) is 11.1 Å². The molecular weight excluding hydrogens is 290 g/mol. The number of nitrogens with zero attached hydrogens (tertiary/aromatic N) is 3. The van der Waals surface area contributed by atoms with Crippen molar-refractivity contribution in [1.29, 1.82) is 0 Å². The van der Waals surface area contributed by atoms with E-state index in [-0.39, 0.29) is 5.57 Å². The standard InChI is InChI=1S/C18H17N3O2/c1-12(18(22)21-23)13(2)20-14(3)16-9-17(11-19-10-16)15-7-5-4-6-8-15/h4-11H,1-3H3/b13-12+,20-14+. The fourth-order valence-electron chi connectivity index (χ4n) is 2.05. The first kappa shape index (κ1) is 16.4. The van der Waals surface area contributed by atoms with Gasteiger partial charge in [-0.1, -0.05) is 30.3 Å². The highest BCUT2D eigenvalue weighted by atomic mass is 16.3. The fraction of sp³-hybridized carbons (Fsp3) is 0.167. The van der Waals surface area contributed by atoms with Gasteiger partial charge in [0, 0.05) is 45.7 Å².